The zero-order chi connectivity index (χ0) is 21.7. The minimum absolute atomic E-state index is 0.107. The first-order valence-corrected chi connectivity index (χ1v) is 9.20. The Balaban J connectivity index is 1.85. The summed E-state index contributed by atoms with van der Waals surface area (Å²) >= 11 is 0. The van der Waals surface area contributed by atoms with Gasteiger partial charge >= 0.3 is 11.9 Å². The van der Waals surface area contributed by atoms with Gasteiger partial charge in [0.2, 0.25) is 0 Å². The molecule has 0 saturated heterocycles. The number of methoxy groups -OCH3 is 2. The summed E-state index contributed by atoms with van der Waals surface area (Å²) in [4.78, 5) is 36.6. The Kier molecular flexibility index (Phi) is 6.32. The van der Waals surface area contributed by atoms with Gasteiger partial charge in [0, 0.05) is 5.39 Å². The molecule has 0 spiro atoms. The summed E-state index contributed by atoms with van der Waals surface area (Å²) in [7, 11) is 2.48. The molecule has 0 fully saturated rings. The van der Waals surface area contributed by atoms with Gasteiger partial charge in [0.05, 0.1) is 31.0 Å². The summed E-state index contributed by atoms with van der Waals surface area (Å²) in [6.45, 7) is 1.60. The molecule has 0 bridgehead atoms. The molecular weight excluding hydrogens is 386 g/mol. The molecular formula is C23H21NO6. The molecule has 7 heteroatoms. The van der Waals surface area contributed by atoms with Gasteiger partial charge in [-0.1, -0.05) is 36.4 Å². The summed E-state index contributed by atoms with van der Waals surface area (Å²) < 4.78 is 15.3. The number of hydrogen-bond acceptors (Lipinski definition) is 6. The van der Waals surface area contributed by atoms with Crippen molar-refractivity contribution >= 4 is 34.3 Å². The number of carbonyl (C=O) groups excluding carboxylic acids is 3. The Bertz CT molecular complexity index is 1100. The first-order valence-electron chi connectivity index (χ1n) is 9.20. The summed E-state index contributed by atoms with van der Waals surface area (Å²) in [5.41, 5.74) is 0.419. The van der Waals surface area contributed by atoms with Crippen molar-refractivity contribution < 1.29 is 28.6 Å². The van der Waals surface area contributed by atoms with E-state index in [0.29, 0.717) is 5.75 Å². The van der Waals surface area contributed by atoms with Crippen LogP contribution in [0.25, 0.3) is 10.8 Å². The average molecular weight is 407 g/mol. The first-order chi connectivity index (χ1) is 14.4. The molecule has 7 nitrogen and oxygen atoms in total. The van der Waals surface area contributed by atoms with Crippen LogP contribution in [0.1, 0.15) is 27.6 Å². The van der Waals surface area contributed by atoms with E-state index in [2.05, 4.69) is 5.32 Å². The van der Waals surface area contributed by atoms with Crippen molar-refractivity contribution in [2.75, 3.05) is 19.5 Å². The third kappa shape index (κ3) is 4.41. The van der Waals surface area contributed by atoms with Crippen molar-refractivity contribution in [3.63, 3.8) is 0 Å². The van der Waals surface area contributed by atoms with Crippen LogP contribution in [-0.4, -0.2) is 38.2 Å². The third-order valence-electron chi connectivity index (χ3n) is 4.53. The highest BCUT2D eigenvalue weighted by atomic mass is 16.5. The molecule has 0 aliphatic rings. The van der Waals surface area contributed by atoms with Crippen molar-refractivity contribution in [3.8, 4) is 5.75 Å². The number of nitrogens with one attached hydrogen (secondary N) is 1. The van der Waals surface area contributed by atoms with Crippen molar-refractivity contribution in [2.24, 2.45) is 0 Å². The lowest BCUT2D eigenvalue weighted by atomic mass is 10.1. The van der Waals surface area contributed by atoms with Crippen molar-refractivity contribution in [1.82, 2.24) is 0 Å². The van der Waals surface area contributed by atoms with Gasteiger partial charge in [-0.15, -0.1) is 0 Å². The Morgan fingerprint density at radius 1 is 0.867 bits per heavy atom. The Labute approximate surface area is 173 Å². The van der Waals surface area contributed by atoms with Crippen LogP contribution >= 0.6 is 0 Å². The molecule has 0 aliphatic carbocycles. The molecule has 3 rings (SSSR count). The van der Waals surface area contributed by atoms with Gasteiger partial charge in [-0.2, -0.15) is 0 Å². The topological polar surface area (TPSA) is 90.9 Å². The van der Waals surface area contributed by atoms with Gasteiger partial charge in [0.1, 0.15) is 5.75 Å². The number of amides is 1. The number of ether oxygens (including phenoxy) is 3. The van der Waals surface area contributed by atoms with E-state index in [1.165, 1.54) is 32.4 Å². The second-order valence-electron chi connectivity index (χ2n) is 6.47. The molecule has 0 heterocycles. The lowest BCUT2D eigenvalue weighted by Crippen LogP contribution is -2.31. The van der Waals surface area contributed by atoms with Gasteiger partial charge in [0.15, 0.2) is 6.10 Å². The fourth-order valence-corrected chi connectivity index (χ4v) is 2.96. The average Bonchev–Trinajstić information content (AvgIpc) is 2.78. The maximum Gasteiger partial charge on any atom is 0.339 e. The molecule has 0 saturated carbocycles. The van der Waals surface area contributed by atoms with E-state index in [1.54, 1.807) is 13.0 Å². The normalized spacial score (nSPS) is 11.4. The number of hydrogen-bond donors (Lipinski definition) is 1. The Morgan fingerprint density at radius 2 is 1.57 bits per heavy atom. The molecule has 0 radical (unpaired) electrons. The second kappa shape index (κ2) is 9.09. The predicted molar refractivity (Wildman–Crippen MR) is 112 cm³/mol. The Hall–Kier alpha value is -3.87. The molecule has 1 atom stereocenters. The van der Waals surface area contributed by atoms with Crippen molar-refractivity contribution in [2.45, 2.75) is 13.0 Å². The number of anilines is 1. The number of fused-ring (bicyclic) bond motifs is 1. The third-order valence-corrected chi connectivity index (χ3v) is 4.53. The molecule has 30 heavy (non-hydrogen) atoms. The van der Waals surface area contributed by atoms with E-state index < -0.39 is 23.9 Å². The van der Waals surface area contributed by atoms with Gasteiger partial charge in [-0.25, -0.2) is 9.59 Å². The van der Waals surface area contributed by atoms with Crippen LogP contribution in [0.2, 0.25) is 0 Å². The molecule has 3 aromatic rings. The minimum atomic E-state index is -0.872. The van der Waals surface area contributed by atoms with Gasteiger partial charge in [-0.3, -0.25) is 4.79 Å². The standard InChI is InChI=1S/C23H21NO6/c1-14(30-20-10-6-8-15-7-4-5-9-17(15)20)21(25)24-19-13-16(22(26)28-2)11-12-18(19)23(27)29-3/h4-14H,1-3H3,(H,24,25). The quantitative estimate of drug-likeness (QED) is 0.625. The van der Waals surface area contributed by atoms with E-state index in [1.807, 2.05) is 36.4 Å². The van der Waals surface area contributed by atoms with Crippen molar-refractivity contribution in [3.05, 3.63) is 71.8 Å². The summed E-state index contributed by atoms with van der Waals surface area (Å²) in [6, 6.07) is 17.4. The molecule has 1 unspecified atom stereocenters. The van der Waals surface area contributed by atoms with Crippen LogP contribution in [-0.2, 0) is 14.3 Å². The van der Waals surface area contributed by atoms with E-state index in [-0.39, 0.29) is 16.8 Å². The zero-order valence-corrected chi connectivity index (χ0v) is 16.8. The Morgan fingerprint density at radius 3 is 2.30 bits per heavy atom. The number of esters is 2. The minimum Gasteiger partial charge on any atom is -0.480 e. The van der Waals surface area contributed by atoms with Crippen molar-refractivity contribution in [1.29, 1.82) is 0 Å². The van der Waals surface area contributed by atoms with Gasteiger partial charge in [0.25, 0.3) is 5.91 Å². The van der Waals surface area contributed by atoms with Crippen LogP contribution < -0.4 is 10.1 Å². The van der Waals surface area contributed by atoms with E-state index in [0.717, 1.165) is 10.8 Å². The van der Waals surface area contributed by atoms with E-state index >= 15 is 0 Å². The maximum absolute atomic E-state index is 12.8. The van der Waals surface area contributed by atoms with Crippen LogP contribution in [0.4, 0.5) is 5.69 Å². The van der Waals surface area contributed by atoms with Crippen LogP contribution in [0.3, 0.4) is 0 Å². The number of carbonyl (C=O) groups is 3. The molecule has 154 valence electrons. The second-order valence-corrected chi connectivity index (χ2v) is 6.47. The molecule has 0 aromatic heterocycles. The lowest BCUT2D eigenvalue weighted by molar-refractivity contribution is -0.122. The number of rotatable bonds is 6. The highest BCUT2D eigenvalue weighted by Crippen LogP contribution is 2.26. The van der Waals surface area contributed by atoms with Crippen LogP contribution in [0.5, 0.6) is 5.75 Å². The number of benzene rings is 3. The first kappa shape index (κ1) is 20.9. The van der Waals surface area contributed by atoms with E-state index in [9.17, 15) is 14.4 Å². The molecule has 3 aromatic carbocycles. The monoisotopic (exact) mass is 407 g/mol. The lowest BCUT2D eigenvalue weighted by Gasteiger charge is -2.17. The highest BCUT2D eigenvalue weighted by Gasteiger charge is 2.21. The fourth-order valence-electron chi connectivity index (χ4n) is 2.96. The van der Waals surface area contributed by atoms with Crippen LogP contribution in [0.15, 0.2) is 60.7 Å². The predicted octanol–water partition coefficient (Wildman–Crippen LogP) is 3.82. The molecule has 0 aliphatic heterocycles. The maximum atomic E-state index is 12.8. The van der Waals surface area contributed by atoms with Gasteiger partial charge in [-0.05, 0) is 36.6 Å². The largest absolute Gasteiger partial charge is 0.480 e. The summed E-state index contributed by atoms with van der Waals surface area (Å²) in [5, 5.41) is 4.51. The summed E-state index contributed by atoms with van der Waals surface area (Å²) in [5.74, 6) is -1.17. The molecule has 1 amide bonds. The smallest absolute Gasteiger partial charge is 0.339 e. The van der Waals surface area contributed by atoms with E-state index in [4.69, 9.17) is 14.2 Å². The van der Waals surface area contributed by atoms with Crippen LogP contribution in [0, 0.1) is 0 Å². The SMILES string of the molecule is COC(=O)c1ccc(C(=O)OC)c(NC(=O)C(C)Oc2cccc3ccccc23)c1. The molecule has 1 N–H and O–H groups in total. The fraction of sp³-hybridized carbons (Fsp3) is 0.174. The highest BCUT2D eigenvalue weighted by molar-refractivity contribution is 6.04. The summed E-state index contributed by atoms with van der Waals surface area (Å²) in [6.07, 6.45) is -0.872. The zero-order valence-electron chi connectivity index (χ0n) is 16.8. The van der Waals surface area contributed by atoms with Gasteiger partial charge < -0.3 is 19.5 Å².